The molecule has 3 heteroatoms. The van der Waals surface area contributed by atoms with E-state index in [-0.39, 0.29) is 5.91 Å². The Morgan fingerprint density at radius 3 is 2.53 bits per heavy atom. The maximum absolute atomic E-state index is 12.6. The zero-order valence-electron chi connectivity index (χ0n) is 12.2. The quantitative estimate of drug-likeness (QED) is 0.906. The molecule has 0 radical (unpaired) electrons. The van der Waals surface area contributed by atoms with Crippen LogP contribution in [0.3, 0.4) is 0 Å². The summed E-state index contributed by atoms with van der Waals surface area (Å²) < 4.78 is 0. The van der Waals surface area contributed by atoms with Crippen LogP contribution in [-0.4, -0.2) is 25.0 Å². The van der Waals surface area contributed by atoms with Crippen molar-refractivity contribution in [1.82, 2.24) is 5.32 Å². The second-order valence-electron chi connectivity index (χ2n) is 5.60. The average molecular weight is 260 g/mol. The predicted octanol–water partition coefficient (Wildman–Crippen LogP) is 2.74. The fourth-order valence-electron chi connectivity index (χ4n) is 2.68. The van der Waals surface area contributed by atoms with Gasteiger partial charge in [0.2, 0.25) is 5.91 Å². The summed E-state index contributed by atoms with van der Waals surface area (Å²) in [6.07, 6.45) is 4.23. The Bertz CT molecular complexity index is 433. The summed E-state index contributed by atoms with van der Waals surface area (Å²) in [6.45, 7) is 5.09. The lowest BCUT2D eigenvalue weighted by molar-refractivity contribution is -0.124. The van der Waals surface area contributed by atoms with Gasteiger partial charge in [-0.2, -0.15) is 0 Å². The molecule has 1 saturated heterocycles. The van der Waals surface area contributed by atoms with Gasteiger partial charge in [-0.1, -0.05) is 19.1 Å². The van der Waals surface area contributed by atoms with Crippen molar-refractivity contribution in [3.63, 3.8) is 0 Å². The summed E-state index contributed by atoms with van der Waals surface area (Å²) in [5, 5.41) is 3.38. The van der Waals surface area contributed by atoms with Crippen molar-refractivity contribution in [2.24, 2.45) is 0 Å². The Labute approximate surface area is 116 Å². The van der Waals surface area contributed by atoms with Gasteiger partial charge < -0.3 is 10.2 Å². The molecule has 0 aliphatic carbocycles. The zero-order valence-corrected chi connectivity index (χ0v) is 12.2. The first-order chi connectivity index (χ1) is 9.07. The van der Waals surface area contributed by atoms with E-state index in [0.29, 0.717) is 0 Å². The summed E-state index contributed by atoms with van der Waals surface area (Å²) in [6, 6.07) is 8.25. The number of rotatable bonds is 3. The SMILES string of the molecule is CCc1ccc(N(C)C(=O)C2(C)CCCCN2)cc1. The minimum absolute atomic E-state index is 0.163. The first-order valence-electron chi connectivity index (χ1n) is 7.19. The van der Waals surface area contributed by atoms with E-state index in [1.165, 1.54) is 5.56 Å². The molecule has 1 unspecified atom stereocenters. The zero-order chi connectivity index (χ0) is 13.9. The number of aryl methyl sites for hydroxylation is 1. The Hall–Kier alpha value is -1.35. The van der Waals surface area contributed by atoms with Crippen LogP contribution in [-0.2, 0) is 11.2 Å². The highest BCUT2D eigenvalue weighted by atomic mass is 16.2. The Morgan fingerprint density at radius 2 is 2.00 bits per heavy atom. The van der Waals surface area contributed by atoms with Gasteiger partial charge in [-0.15, -0.1) is 0 Å². The molecule has 1 heterocycles. The Morgan fingerprint density at radius 1 is 1.32 bits per heavy atom. The largest absolute Gasteiger partial charge is 0.314 e. The van der Waals surface area contributed by atoms with Crippen LogP contribution in [0.25, 0.3) is 0 Å². The van der Waals surface area contributed by atoms with Crippen LogP contribution in [0.5, 0.6) is 0 Å². The minimum atomic E-state index is -0.406. The molecule has 1 fully saturated rings. The molecular formula is C16H24N2O. The lowest BCUT2D eigenvalue weighted by Gasteiger charge is -2.36. The van der Waals surface area contributed by atoms with Crippen LogP contribution in [0.2, 0.25) is 0 Å². The molecule has 2 rings (SSSR count). The van der Waals surface area contributed by atoms with E-state index in [2.05, 4.69) is 24.4 Å². The second kappa shape index (κ2) is 5.74. The van der Waals surface area contributed by atoms with Crippen LogP contribution in [0.15, 0.2) is 24.3 Å². The molecule has 1 aliphatic rings. The number of hydrogen-bond acceptors (Lipinski definition) is 2. The standard InChI is InChI=1S/C16H24N2O/c1-4-13-7-9-14(10-8-13)18(3)15(19)16(2)11-5-6-12-17-16/h7-10,17H,4-6,11-12H2,1-3H3. The third-order valence-corrected chi connectivity index (χ3v) is 4.13. The molecule has 104 valence electrons. The normalized spacial score (nSPS) is 23.1. The molecule has 1 amide bonds. The number of anilines is 1. The number of piperidine rings is 1. The molecule has 0 saturated carbocycles. The van der Waals surface area contributed by atoms with Crippen molar-refractivity contribution in [2.45, 2.75) is 45.1 Å². The molecule has 0 bridgehead atoms. The number of nitrogens with zero attached hydrogens (tertiary/aromatic N) is 1. The maximum Gasteiger partial charge on any atom is 0.246 e. The van der Waals surface area contributed by atoms with E-state index >= 15 is 0 Å². The first kappa shape index (κ1) is 14.1. The maximum atomic E-state index is 12.6. The number of hydrogen-bond donors (Lipinski definition) is 1. The van der Waals surface area contributed by atoms with E-state index in [1.807, 2.05) is 26.1 Å². The van der Waals surface area contributed by atoms with E-state index in [4.69, 9.17) is 0 Å². The predicted molar refractivity (Wildman–Crippen MR) is 79.5 cm³/mol. The third kappa shape index (κ3) is 2.98. The molecule has 0 spiro atoms. The topological polar surface area (TPSA) is 32.3 Å². The van der Waals surface area contributed by atoms with Crippen molar-refractivity contribution in [3.05, 3.63) is 29.8 Å². The van der Waals surface area contributed by atoms with Gasteiger partial charge in [-0.3, -0.25) is 4.79 Å². The van der Waals surface area contributed by atoms with Crippen LogP contribution in [0, 0.1) is 0 Å². The highest BCUT2D eigenvalue weighted by Gasteiger charge is 2.36. The summed E-state index contributed by atoms with van der Waals surface area (Å²) in [4.78, 5) is 14.4. The number of likely N-dealkylation sites (N-methyl/N-ethyl adjacent to an activating group) is 1. The fourth-order valence-corrected chi connectivity index (χ4v) is 2.68. The van der Waals surface area contributed by atoms with Crippen molar-refractivity contribution in [2.75, 3.05) is 18.5 Å². The van der Waals surface area contributed by atoms with Gasteiger partial charge in [0.25, 0.3) is 0 Å². The van der Waals surface area contributed by atoms with Crippen LogP contribution < -0.4 is 10.2 Å². The second-order valence-corrected chi connectivity index (χ2v) is 5.60. The number of benzene rings is 1. The van der Waals surface area contributed by atoms with E-state index in [1.54, 1.807) is 4.90 Å². The first-order valence-corrected chi connectivity index (χ1v) is 7.19. The van der Waals surface area contributed by atoms with Crippen LogP contribution >= 0.6 is 0 Å². The van der Waals surface area contributed by atoms with Crippen molar-refractivity contribution in [3.8, 4) is 0 Å². The average Bonchev–Trinajstić information content (AvgIpc) is 2.46. The highest BCUT2D eigenvalue weighted by molar-refractivity contribution is 5.99. The molecule has 1 aliphatic heterocycles. The van der Waals surface area contributed by atoms with Crippen LogP contribution in [0.1, 0.15) is 38.7 Å². The number of carbonyl (C=O) groups is 1. The summed E-state index contributed by atoms with van der Waals surface area (Å²) >= 11 is 0. The van der Waals surface area contributed by atoms with Gasteiger partial charge in [-0.25, -0.2) is 0 Å². The molecular weight excluding hydrogens is 236 g/mol. The lowest BCUT2D eigenvalue weighted by Crippen LogP contribution is -2.57. The van der Waals surface area contributed by atoms with Gasteiger partial charge in [0.05, 0.1) is 5.54 Å². The van der Waals surface area contributed by atoms with Gasteiger partial charge in [0.15, 0.2) is 0 Å². The third-order valence-electron chi connectivity index (χ3n) is 4.13. The van der Waals surface area contributed by atoms with Gasteiger partial charge in [0, 0.05) is 12.7 Å². The molecule has 1 aromatic carbocycles. The van der Waals surface area contributed by atoms with E-state index in [0.717, 1.165) is 37.9 Å². The summed E-state index contributed by atoms with van der Waals surface area (Å²) in [7, 11) is 1.87. The van der Waals surface area contributed by atoms with Gasteiger partial charge in [0.1, 0.15) is 0 Å². The molecule has 1 N–H and O–H groups in total. The number of carbonyl (C=O) groups excluding carboxylic acids is 1. The summed E-state index contributed by atoms with van der Waals surface area (Å²) in [5.41, 5.74) is 1.86. The van der Waals surface area contributed by atoms with E-state index in [9.17, 15) is 4.79 Å². The summed E-state index contributed by atoms with van der Waals surface area (Å²) in [5.74, 6) is 0.163. The molecule has 1 aromatic rings. The Balaban J connectivity index is 2.13. The highest BCUT2D eigenvalue weighted by Crippen LogP contribution is 2.24. The van der Waals surface area contributed by atoms with Crippen molar-refractivity contribution >= 4 is 11.6 Å². The molecule has 19 heavy (non-hydrogen) atoms. The smallest absolute Gasteiger partial charge is 0.246 e. The van der Waals surface area contributed by atoms with Gasteiger partial charge in [-0.05, 0) is 56.8 Å². The fraction of sp³-hybridized carbons (Fsp3) is 0.562. The Kier molecular flexibility index (Phi) is 4.25. The van der Waals surface area contributed by atoms with Crippen molar-refractivity contribution in [1.29, 1.82) is 0 Å². The lowest BCUT2D eigenvalue weighted by atomic mass is 9.89. The minimum Gasteiger partial charge on any atom is -0.314 e. The number of amides is 1. The monoisotopic (exact) mass is 260 g/mol. The van der Waals surface area contributed by atoms with E-state index < -0.39 is 5.54 Å². The molecule has 0 aromatic heterocycles. The van der Waals surface area contributed by atoms with Crippen LogP contribution in [0.4, 0.5) is 5.69 Å². The van der Waals surface area contributed by atoms with Crippen molar-refractivity contribution < 1.29 is 4.79 Å². The molecule has 3 nitrogen and oxygen atoms in total. The molecule has 1 atom stereocenters. The van der Waals surface area contributed by atoms with Gasteiger partial charge >= 0.3 is 0 Å². The number of nitrogens with one attached hydrogen (secondary N) is 1.